The quantitative estimate of drug-likeness (QED) is 0.636. The van der Waals surface area contributed by atoms with Gasteiger partial charge in [-0.15, -0.1) is 0 Å². The van der Waals surface area contributed by atoms with Gasteiger partial charge in [-0.25, -0.2) is 4.79 Å². The van der Waals surface area contributed by atoms with Crippen LogP contribution in [0.2, 0.25) is 0 Å². The van der Waals surface area contributed by atoms with Gasteiger partial charge in [0.2, 0.25) is 0 Å². The van der Waals surface area contributed by atoms with E-state index >= 15 is 0 Å². The highest BCUT2D eigenvalue weighted by Gasteiger charge is 2.31. The van der Waals surface area contributed by atoms with Crippen LogP contribution in [0.4, 0.5) is 4.79 Å². The molecule has 1 fully saturated rings. The minimum absolute atomic E-state index is 0.0781. The minimum Gasteiger partial charge on any atom is -0.333 e. The molecule has 2 atom stereocenters. The molecular formula is C11H22N2O. The molecule has 3 heteroatoms. The first-order valence-corrected chi connectivity index (χ1v) is 5.38. The zero-order chi connectivity index (χ0) is 10.9. The van der Waals surface area contributed by atoms with Crippen molar-refractivity contribution in [3.05, 3.63) is 0 Å². The number of hydrogen-bond acceptors (Lipinski definition) is 1. The molecule has 14 heavy (non-hydrogen) atoms. The summed E-state index contributed by atoms with van der Waals surface area (Å²) in [6.07, 6.45) is 1.12. The van der Waals surface area contributed by atoms with E-state index < -0.39 is 0 Å². The van der Waals surface area contributed by atoms with Gasteiger partial charge in [-0.2, -0.15) is 0 Å². The van der Waals surface area contributed by atoms with Crippen molar-refractivity contribution in [1.29, 1.82) is 0 Å². The topological polar surface area (TPSA) is 32.3 Å². The Balaban J connectivity index is 2.53. The average Bonchev–Trinajstić information content (AvgIpc) is 2.26. The van der Waals surface area contributed by atoms with E-state index in [4.69, 9.17) is 0 Å². The van der Waals surface area contributed by atoms with E-state index in [0.29, 0.717) is 12.0 Å². The van der Waals surface area contributed by atoms with Crippen LogP contribution in [-0.2, 0) is 0 Å². The number of nitrogens with zero attached hydrogens (tertiary/aromatic N) is 1. The van der Waals surface area contributed by atoms with Crippen molar-refractivity contribution >= 4 is 6.03 Å². The zero-order valence-electron chi connectivity index (χ0n) is 9.92. The lowest BCUT2D eigenvalue weighted by atomic mass is 10.1. The van der Waals surface area contributed by atoms with Crippen LogP contribution in [0.3, 0.4) is 0 Å². The lowest BCUT2D eigenvalue weighted by Crippen LogP contribution is -2.49. The van der Waals surface area contributed by atoms with Gasteiger partial charge in [0, 0.05) is 18.1 Å². The van der Waals surface area contributed by atoms with Gasteiger partial charge in [0.1, 0.15) is 0 Å². The van der Waals surface area contributed by atoms with Crippen molar-refractivity contribution in [3.8, 4) is 0 Å². The summed E-state index contributed by atoms with van der Waals surface area (Å²) in [6, 6.07) is 0.460. The van der Waals surface area contributed by atoms with Crippen LogP contribution in [0.15, 0.2) is 0 Å². The highest BCUT2D eigenvalue weighted by atomic mass is 16.2. The fraction of sp³-hybridized carbons (Fsp3) is 0.909. The summed E-state index contributed by atoms with van der Waals surface area (Å²) < 4.78 is 0. The highest BCUT2D eigenvalue weighted by molar-refractivity contribution is 5.75. The van der Waals surface area contributed by atoms with E-state index in [9.17, 15) is 4.79 Å². The summed E-state index contributed by atoms with van der Waals surface area (Å²) in [5.74, 6) is 0.635. The van der Waals surface area contributed by atoms with Crippen LogP contribution < -0.4 is 5.32 Å². The molecule has 0 aromatic carbocycles. The number of amides is 2. The molecule has 0 aromatic heterocycles. The van der Waals surface area contributed by atoms with E-state index in [1.165, 1.54) is 0 Å². The molecule has 1 rings (SSSR count). The summed E-state index contributed by atoms with van der Waals surface area (Å²) in [5.41, 5.74) is -0.136. The summed E-state index contributed by atoms with van der Waals surface area (Å²) in [6.45, 7) is 11.2. The molecule has 0 radical (unpaired) electrons. The first-order chi connectivity index (χ1) is 6.29. The van der Waals surface area contributed by atoms with Gasteiger partial charge in [-0.05, 0) is 40.0 Å². The maximum Gasteiger partial charge on any atom is 0.318 e. The predicted octanol–water partition coefficient (Wildman–Crippen LogP) is 2.22. The fourth-order valence-electron chi connectivity index (χ4n) is 1.98. The molecule has 0 saturated carbocycles. The van der Waals surface area contributed by atoms with E-state index in [1.54, 1.807) is 0 Å². The molecule has 2 amide bonds. The van der Waals surface area contributed by atoms with Gasteiger partial charge in [-0.1, -0.05) is 6.92 Å². The molecule has 0 bridgehead atoms. The number of nitrogens with one attached hydrogen (secondary N) is 1. The Morgan fingerprint density at radius 2 is 1.93 bits per heavy atom. The second-order valence-corrected chi connectivity index (χ2v) is 5.52. The molecule has 2 unspecified atom stereocenters. The summed E-state index contributed by atoms with van der Waals surface area (Å²) in [4.78, 5) is 13.8. The molecule has 0 aliphatic carbocycles. The third-order valence-electron chi connectivity index (χ3n) is 2.53. The molecule has 1 aliphatic heterocycles. The molecule has 1 heterocycles. The summed E-state index contributed by atoms with van der Waals surface area (Å²) in [5, 5.41) is 3.00. The van der Waals surface area contributed by atoms with Crippen molar-refractivity contribution < 1.29 is 4.79 Å². The fourth-order valence-corrected chi connectivity index (χ4v) is 1.98. The molecular weight excluding hydrogens is 176 g/mol. The number of hydrogen-bond donors (Lipinski definition) is 1. The smallest absolute Gasteiger partial charge is 0.318 e. The Morgan fingerprint density at radius 3 is 2.29 bits per heavy atom. The Labute approximate surface area is 86.9 Å². The first kappa shape index (κ1) is 11.3. The standard InChI is InChI=1S/C11H22N2O/c1-8-6-9(2)13(7-8)10(14)12-11(3,4)5/h8-9H,6-7H2,1-5H3,(H,12,14). The van der Waals surface area contributed by atoms with E-state index in [2.05, 4.69) is 19.2 Å². The monoisotopic (exact) mass is 198 g/mol. The predicted molar refractivity (Wildman–Crippen MR) is 58.2 cm³/mol. The molecule has 1 saturated heterocycles. The van der Waals surface area contributed by atoms with Gasteiger partial charge >= 0.3 is 6.03 Å². The normalized spacial score (nSPS) is 27.9. The SMILES string of the molecule is CC1CC(C)N(C(=O)NC(C)(C)C)C1. The number of urea groups is 1. The number of rotatable bonds is 0. The molecule has 1 aliphatic rings. The molecule has 0 aromatic rings. The number of carbonyl (C=O) groups is 1. The third-order valence-corrected chi connectivity index (χ3v) is 2.53. The zero-order valence-corrected chi connectivity index (χ0v) is 9.92. The maximum absolute atomic E-state index is 11.8. The second-order valence-electron chi connectivity index (χ2n) is 5.52. The summed E-state index contributed by atoms with van der Waals surface area (Å²) in [7, 11) is 0. The Kier molecular flexibility index (Phi) is 3.07. The van der Waals surface area contributed by atoms with Gasteiger partial charge in [-0.3, -0.25) is 0 Å². The van der Waals surface area contributed by atoms with Gasteiger partial charge in [0.05, 0.1) is 0 Å². The number of carbonyl (C=O) groups excluding carboxylic acids is 1. The van der Waals surface area contributed by atoms with Crippen molar-refractivity contribution in [2.75, 3.05) is 6.54 Å². The van der Waals surface area contributed by atoms with Crippen LogP contribution in [0.25, 0.3) is 0 Å². The van der Waals surface area contributed by atoms with E-state index in [0.717, 1.165) is 13.0 Å². The molecule has 0 spiro atoms. The minimum atomic E-state index is -0.136. The first-order valence-electron chi connectivity index (χ1n) is 5.38. The largest absolute Gasteiger partial charge is 0.333 e. The lowest BCUT2D eigenvalue weighted by molar-refractivity contribution is 0.186. The van der Waals surface area contributed by atoms with Crippen LogP contribution in [0.5, 0.6) is 0 Å². The maximum atomic E-state index is 11.8. The summed E-state index contributed by atoms with van der Waals surface area (Å²) >= 11 is 0. The van der Waals surface area contributed by atoms with Crippen molar-refractivity contribution in [3.63, 3.8) is 0 Å². The Hall–Kier alpha value is -0.730. The van der Waals surface area contributed by atoms with Crippen LogP contribution in [-0.4, -0.2) is 29.1 Å². The third kappa shape index (κ3) is 2.89. The highest BCUT2D eigenvalue weighted by Crippen LogP contribution is 2.22. The Bertz CT molecular complexity index is 220. The van der Waals surface area contributed by atoms with Gasteiger partial charge in [0.25, 0.3) is 0 Å². The van der Waals surface area contributed by atoms with Crippen LogP contribution >= 0.6 is 0 Å². The lowest BCUT2D eigenvalue weighted by Gasteiger charge is -2.28. The molecule has 82 valence electrons. The second kappa shape index (κ2) is 3.79. The Morgan fingerprint density at radius 1 is 1.36 bits per heavy atom. The number of likely N-dealkylation sites (tertiary alicyclic amines) is 1. The molecule has 1 N–H and O–H groups in total. The van der Waals surface area contributed by atoms with E-state index in [1.807, 2.05) is 25.7 Å². The average molecular weight is 198 g/mol. The van der Waals surface area contributed by atoms with Crippen molar-refractivity contribution in [2.45, 2.75) is 52.6 Å². The van der Waals surface area contributed by atoms with Gasteiger partial charge in [0.15, 0.2) is 0 Å². The van der Waals surface area contributed by atoms with Crippen LogP contribution in [0, 0.1) is 5.92 Å². The van der Waals surface area contributed by atoms with Crippen molar-refractivity contribution in [1.82, 2.24) is 10.2 Å². The molecule has 3 nitrogen and oxygen atoms in total. The van der Waals surface area contributed by atoms with E-state index in [-0.39, 0.29) is 11.6 Å². The van der Waals surface area contributed by atoms with Crippen molar-refractivity contribution in [2.24, 2.45) is 5.92 Å². The van der Waals surface area contributed by atoms with Gasteiger partial charge < -0.3 is 10.2 Å². The van der Waals surface area contributed by atoms with Crippen LogP contribution in [0.1, 0.15) is 41.0 Å².